The van der Waals surface area contributed by atoms with Crippen LogP contribution in [-0.2, 0) is 0 Å². The molecule has 0 fully saturated rings. The van der Waals surface area contributed by atoms with Gasteiger partial charge in [0.05, 0.1) is 5.60 Å². The summed E-state index contributed by atoms with van der Waals surface area (Å²) >= 11 is 0. The van der Waals surface area contributed by atoms with E-state index in [1.807, 2.05) is 13.8 Å². The molecule has 0 amide bonds. The average Bonchev–Trinajstić information content (AvgIpc) is 2.29. The highest BCUT2D eigenvalue weighted by Crippen LogP contribution is 2.10. The molecule has 0 aromatic heterocycles. The Bertz CT molecular complexity index is 163. The van der Waals surface area contributed by atoms with Gasteiger partial charge < -0.3 is 10.4 Å². The van der Waals surface area contributed by atoms with E-state index in [-0.39, 0.29) is 0 Å². The van der Waals surface area contributed by atoms with Crippen molar-refractivity contribution in [2.45, 2.75) is 90.6 Å². The largest absolute Gasteiger partial charge is 0.389 e. The minimum Gasteiger partial charge on any atom is -0.389 e. The highest BCUT2D eigenvalue weighted by Gasteiger charge is 2.10. The number of hydrogen-bond acceptors (Lipinski definition) is 2. The Morgan fingerprint density at radius 2 is 1.22 bits per heavy atom. The van der Waals surface area contributed by atoms with Crippen LogP contribution >= 0.6 is 0 Å². The van der Waals surface area contributed by atoms with E-state index in [0.717, 1.165) is 6.54 Å². The van der Waals surface area contributed by atoms with Gasteiger partial charge in [-0.05, 0) is 26.8 Å². The molecule has 0 aliphatic heterocycles. The maximum atomic E-state index is 9.52. The molecule has 0 radical (unpaired) electrons. The van der Waals surface area contributed by atoms with Crippen LogP contribution in [0.2, 0.25) is 0 Å². The Kier molecular flexibility index (Phi) is 11.9. The van der Waals surface area contributed by atoms with Crippen LogP contribution in [0.5, 0.6) is 0 Å². The van der Waals surface area contributed by atoms with Crippen molar-refractivity contribution >= 4 is 0 Å². The predicted octanol–water partition coefficient (Wildman–Crippen LogP) is 4.27. The lowest BCUT2D eigenvalue weighted by Gasteiger charge is -2.17. The van der Waals surface area contributed by atoms with Crippen LogP contribution in [0.4, 0.5) is 0 Å². The van der Waals surface area contributed by atoms with Gasteiger partial charge in [0, 0.05) is 6.54 Å². The van der Waals surface area contributed by atoms with Crippen LogP contribution in [0, 0.1) is 0 Å². The second-order valence-electron chi connectivity index (χ2n) is 6.17. The first-order valence-corrected chi connectivity index (χ1v) is 7.99. The van der Waals surface area contributed by atoms with Crippen molar-refractivity contribution in [1.29, 1.82) is 0 Å². The van der Waals surface area contributed by atoms with E-state index in [1.54, 1.807) is 0 Å². The monoisotopic (exact) mass is 257 g/mol. The summed E-state index contributed by atoms with van der Waals surface area (Å²) in [6.45, 7) is 7.70. The van der Waals surface area contributed by atoms with Gasteiger partial charge in [-0.15, -0.1) is 0 Å². The van der Waals surface area contributed by atoms with E-state index in [1.165, 1.54) is 64.2 Å². The summed E-state index contributed by atoms with van der Waals surface area (Å²) in [6, 6.07) is 0. The third kappa shape index (κ3) is 15.9. The molecule has 0 aliphatic rings. The van der Waals surface area contributed by atoms with Crippen molar-refractivity contribution in [3.8, 4) is 0 Å². The van der Waals surface area contributed by atoms with E-state index in [4.69, 9.17) is 0 Å². The standard InChI is InChI=1S/C16H35NO/c1-4-5-6-7-8-9-10-11-12-13-14-17-15-16(2,3)18/h17-18H,4-15H2,1-3H3. The van der Waals surface area contributed by atoms with E-state index in [9.17, 15) is 5.11 Å². The van der Waals surface area contributed by atoms with Crippen molar-refractivity contribution < 1.29 is 5.11 Å². The van der Waals surface area contributed by atoms with Crippen LogP contribution < -0.4 is 5.32 Å². The molecule has 0 spiro atoms. The zero-order chi connectivity index (χ0) is 13.7. The van der Waals surface area contributed by atoms with E-state index in [2.05, 4.69) is 12.2 Å². The minimum absolute atomic E-state index is 0.571. The first kappa shape index (κ1) is 17.9. The lowest BCUT2D eigenvalue weighted by Crippen LogP contribution is -2.35. The topological polar surface area (TPSA) is 32.3 Å². The Balaban J connectivity index is 2.99. The van der Waals surface area contributed by atoms with Gasteiger partial charge in [-0.1, -0.05) is 64.7 Å². The normalized spacial score (nSPS) is 12.0. The summed E-state index contributed by atoms with van der Waals surface area (Å²) < 4.78 is 0. The van der Waals surface area contributed by atoms with Gasteiger partial charge in [-0.25, -0.2) is 0 Å². The summed E-state index contributed by atoms with van der Waals surface area (Å²) in [4.78, 5) is 0. The molecule has 0 saturated carbocycles. The fraction of sp³-hybridized carbons (Fsp3) is 1.00. The third-order valence-corrected chi connectivity index (χ3v) is 3.26. The molecule has 0 atom stereocenters. The molecular weight excluding hydrogens is 222 g/mol. The lowest BCUT2D eigenvalue weighted by molar-refractivity contribution is 0.0799. The highest BCUT2D eigenvalue weighted by atomic mass is 16.3. The summed E-state index contributed by atoms with van der Waals surface area (Å²) in [6.07, 6.45) is 13.8. The Labute approximate surface area is 115 Å². The maximum Gasteiger partial charge on any atom is 0.0715 e. The van der Waals surface area contributed by atoms with E-state index in [0.29, 0.717) is 6.54 Å². The highest BCUT2D eigenvalue weighted by molar-refractivity contribution is 4.67. The van der Waals surface area contributed by atoms with Crippen molar-refractivity contribution in [1.82, 2.24) is 5.32 Å². The molecule has 0 aromatic carbocycles. The van der Waals surface area contributed by atoms with Gasteiger partial charge in [0.2, 0.25) is 0 Å². The first-order chi connectivity index (χ1) is 8.56. The van der Waals surface area contributed by atoms with Gasteiger partial charge >= 0.3 is 0 Å². The summed E-state index contributed by atoms with van der Waals surface area (Å²) in [5.41, 5.74) is -0.571. The van der Waals surface area contributed by atoms with Gasteiger partial charge in [0.25, 0.3) is 0 Å². The molecule has 0 aromatic rings. The van der Waals surface area contributed by atoms with Crippen molar-refractivity contribution in [3.05, 3.63) is 0 Å². The molecule has 0 bridgehead atoms. The number of aliphatic hydroxyl groups is 1. The Morgan fingerprint density at radius 3 is 1.67 bits per heavy atom. The maximum absolute atomic E-state index is 9.52. The zero-order valence-electron chi connectivity index (χ0n) is 12.9. The molecule has 0 aliphatic carbocycles. The van der Waals surface area contributed by atoms with Crippen molar-refractivity contribution in [3.63, 3.8) is 0 Å². The average molecular weight is 257 g/mol. The van der Waals surface area contributed by atoms with Crippen molar-refractivity contribution in [2.75, 3.05) is 13.1 Å². The summed E-state index contributed by atoms with van der Waals surface area (Å²) in [5, 5.41) is 12.8. The van der Waals surface area contributed by atoms with E-state index >= 15 is 0 Å². The zero-order valence-corrected chi connectivity index (χ0v) is 12.9. The van der Waals surface area contributed by atoms with Crippen LogP contribution in [-0.4, -0.2) is 23.8 Å². The molecular formula is C16H35NO. The van der Waals surface area contributed by atoms with Crippen LogP contribution in [0.3, 0.4) is 0 Å². The fourth-order valence-electron chi connectivity index (χ4n) is 2.13. The van der Waals surface area contributed by atoms with Crippen LogP contribution in [0.25, 0.3) is 0 Å². The van der Waals surface area contributed by atoms with Gasteiger partial charge in [-0.3, -0.25) is 0 Å². The summed E-state index contributed by atoms with van der Waals surface area (Å²) in [5.74, 6) is 0. The first-order valence-electron chi connectivity index (χ1n) is 7.99. The van der Waals surface area contributed by atoms with Gasteiger partial charge in [0.15, 0.2) is 0 Å². The van der Waals surface area contributed by atoms with Crippen LogP contribution in [0.15, 0.2) is 0 Å². The van der Waals surface area contributed by atoms with E-state index < -0.39 is 5.60 Å². The molecule has 0 saturated heterocycles. The second kappa shape index (κ2) is 12.0. The SMILES string of the molecule is CCCCCCCCCCCCNCC(C)(C)O. The van der Waals surface area contributed by atoms with Gasteiger partial charge in [0.1, 0.15) is 0 Å². The molecule has 110 valence electrons. The predicted molar refractivity (Wildman–Crippen MR) is 81.0 cm³/mol. The molecule has 2 N–H and O–H groups in total. The Hall–Kier alpha value is -0.0800. The molecule has 2 nitrogen and oxygen atoms in total. The fourth-order valence-corrected chi connectivity index (χ4v) is 2.13. The quantitative estimate of drug-likeness (QED) is 0.483. The third-order valence-electron chi connectivity index (χ3n) is 3.26. The van der Waals surface area contributed by atoms with Crippen LogP contribution in [0.1, 0.15) is 85.0 Å². The molecule has 0 heterocycles. The molecule has 2 heteroatoms. The van der Waals surface area contributed by atoms with Gasteiger partial charge in [-0.2, -0.15) is 0 Å². The molecule has 0 rings (SSSR count). The number of nitrogens with one attached hydrogen (secondary N) is 1. The Morgan fingerprint density at radius 1 is 0.778 bits per heavy atom. The summed E-state index contributed by atoms with van der Waals surface area (Å²) in [7, 11) is 0. The second-order valence-corrected chi connectivity index (χ2v) is 6.17. The number of hydrogen-bond donors (Lipinski definition) is 2. The molecule has 18 heavy (non-hydrogen) atoms. The minimum atomic E-state index is -0.571. The van der Waals surface area contributed by atoms with Crippen molar-refractivity contribution in [2.24, 2.45) is 0 Å². The number of unbranched alkanes of at least 4 members (excludes halogenated alkanes) is 9. The molecule has 0 unspecified atom stereocenters. The number of rotatable bonds is 13. The lowest BCUT2D eigenvalue weighted by atomic mass is 10.1. The smallest absolute Gasteiger partial charge is 0.0715 e.